The molecule has 1 aromatic carbocycles. The molecule has 98 valence electrons. The molecule has 0 radical (unpaired) electrons. The van der Waals surface area contributed by atoms with Crippen LogP contribution in [0.1, 0.15) is 39.7 Å². The maximum Gasteiger partial charge on any atom is -0.0137 e. The van der Waals surface area contributed by atoms with Crippen molar-refractivity contribution in [3.05, 3.63) is 35.9 Å². The van der Waals surface area contributed by atoms with Gasteiger partial charge in [0.25, 0.3) is 0 Å². The second-order valence-electron chi connectivity index (χ2n) is 4.81. The Morgan fingerprint density at radius 1 is 0.941 bits per heavy atom. The Morgan fingerprint density at radius 2 is 1.47 bits per heavy atom. The maximum absolute atomic E-state index is 2.48. The first-order chi connectivity index (χ1) is 8.18. The van der Waals surface area contributed by atoms with Crippen molar-refractivity contribution in [2.45, 2.75) is 45.8 Å². The summed E-state index contributed by atoms with van der Waals surface area (Å²) in [5.41, 5.74) is 1.50. The number of hydrogen-bond acceptors (Lipinski definition) is 0. The van der Waals surface area contributed by atoms with E-state index in [0.29, 0.717) is 0 Å². The van der Waals surface area contributed by atoms with Gasteiger partial charge in [-0.15, -0.1) is 0 Å². The van der Waals surface area contributed by atoms with Crippen LogP contribution in [-0.2, 0) is 6.42 Å². The van der Waals surface area contributed by atoms with Crippen LogP contribution in [0.25, 0.3) is 0 Å². The molecule has 0 fully saturated rings. The zero-order valence-electron chi connectivity index (χ0n) is 11.9. The number of benzene rings is 1. The molecule has 0 nitrogen and oxygen atoms in total. The lowest BCUT2D eigenvalue weighted by Crippen LogP contribution is -2.22. The molecule has 0 aliphatic rings. The fraction of sp³-hybridized carbons (Fsp3) is 0.625. The van der Waals surface area contributed by atoms with Crippen molar-refractivity contribution < 1.29 is 0 Å². The highest BCUT2D eigenvalue weighted by Gasteiger charge is 2.24. The fourth-order valence-electron chi connectivity index (χ4n) is 2.73. The van der Waals surface area contributed by atoms with Gasteiger partial charge in [-0.1, -0.05) is 58.0 Å². The van der Waals surface area contributed by atoms with Crippen LogP contribution in [0.4, 0.5) is 0 Å². The van der Waals surface area contributed by atoms with Gasteiger partial charge in [-0.25, -0.2) is 10.0 Å². The zero-order valence-corrected chi connectivity index (χ0v) is 12.7. The van der Waals surface area contributed by atoms with E-state index in [-0.39, 0.29) is 10.0 Å². The summed E-state index contributed by atoms with van der Waals surface area (Å²) < 4.78 is 0. The fourth-order valence-corrected chi connectivity index (χ4v) is 6.28. The smallest absolute Gasteiger partial charge is 0.0137 e. The minimum atomic E-state index is -0.359. The predicted octanol–water partition coefficient (Wildman–Crippen LogP) is 4.87. The highest BCUT2D eigenvalue weighted by atomic mass is 32.3. The number of rotatable bonds is 7. The molecule has 0 heterocycles. The Hall–Kier alpha value is -0.430. The van der Waals surface area contributed by atoms with Crippen molar-refractivity contribution in [1.29, 1.82) is 0 Å². The van der Waals surface area contributed by atoms with E-state index in [1.807, 2.05) is 0 Å². The summed E-state index contributed by atoms with van der Waals surface area (Å²) >= 11 is 0. The Bertz CT molecular complexity index is 292. The average molecular weight is 252 g/mol. The van der Waals surface area contributed by atoms with Crippen LogP contribution in [0.2, 0.25) is 0 Å². The van der Waals surface area contributed by atoms with Gasteiger partial charge in [0.2, 0.25) is 0 Å². The molecule has 0 aliphatic heterocycles. The van der Waals surface area contributed by atoms with E-state index < -0.39 is 0 Å². The van der Waals surface area contributed by atoms with E-state index in [2.05, 4.69) is 58.0 Å². The van der Waals surface area contributed by atoms with Gasteiger partial charge in [0, 0.05) is 0 Å². The molecular formula is C16H28S. The third-order valence-electron chi connectivity index (χ3n) is 4.26. The van der Waals surface area contributed by atoms with E-state index in [0.717, 1.165) is 5.25 Å². The molecule has 1 unspecified atom stereocenters. The summed E-state index contributed by atoms with van der Waals surface area (Å²) in [7, 11) is -0.359. The van der Waals surface area contributed by atoms with Crippen LogP contribution in [0.15, 0.2) is 30.3 Å². The van der Waals surface area contributed by atoms with Crippen molar-refractivity contribution >= 4 is 10.0 Å². The summed E-state index contributed by atoms with van der Waals surface area (Å²) in [4.78, 5) is 0. The monoisotopic (exact) mass is 252 g/mol. The summed E-state index contributed by atoms with van der Waals surface area (Å²) in [6, 6.07) is 10.9. The summed E-state index contributed by atoms with van der Waals surface area (Å²) in [5.74, 6) is 4.20. The van der Waals surface area contributed by atoms with Gasteiger partial charge < -0.3 is 0 Å². The first-order valence-electron chi connectivity index (χ1n) is 6.97. The summed E-state index contributed by atoms with van der Waals surface area (Å²) in [6.45, 7) is 9.65. The average Bonchev–Trinajstić information content (AvgIpc) is 2.40. The highest BCUT2D eigenvalue weighted by Crippen LogP contribution is 2.52. The highest BCUT2D eigenvalue weighted by molar-refractivity contribution is 8.34. The van der Waals surface area contributed by atoms with E-state index >= 15 is 0 Å². The lowest BCUT2D eigenvalue weighted by Gasteiger charge is -2.43. The quantitative estimate of drug-likeness (QED) is 0.649. The molecule has 0 spiro atoms. The predicted molar refractivity (Wildman–Crippen MR) is 83.4 cm³/mol. The first-order valence-corrected chi connectivity index (χ1v) is 9.18. The Balaban J connectivity index is 2.56. The summed E-state index contributed by atoms with van der Waals surface area (Å²) in [5, 5.41) is 0.905. The van der Waals surface area contributed by atoms with Gasteiger partial charge in [0.05, 0.1) is 0 Å². The molecule has 0 saturated heterocycles. The van der Waals surface area contributed by atoms with E-state index in [1.54, 1.807) is 0 Å². The molecule has 1 heteroatoms. The van der Waals surface area contributed by atoms with Crippen molar-refractivity contribution in [3.8, 4) is 0 Å². The second-order valence-corrected chi connectivity index (χ2v) is 9.57. The van der Waals surface area contributed by atoms with Crippen LogP contribution in [-0.4, -0.2) is 22.5 Å². The van der Waals surface area contributed by atoms with Crippen molar-refractivity contribution in [3.63, 3.8) is 0 Å². The van der Waals surface area contributed by atoms with Crippen LogP contribution < -0.4 is 0 Å². The lowest BCUT2D eigenvalue weighted by atomic mass is 10.1. The van der Waals surface area contributed by atoms with Gasteiger partial charge >= 0.3 is 0 Å². The third-order valence-corrected chi connectivity index (χ3v) is 9.65. The molecule has 0 bridgehead atoms. The van der Waals surface area contributed by atoms with E-state index in [1.165, 1.54) is 35.7 Å². The van der Waals surface area contributed by atoms with Crippen LogP contribution in [0, 0.1) is 0 Å². The Labute approximate surface area is 109 Å². The normalized spacial score (nSPS) is 14.6. The van der Waals surface area contributed by atoms with Crippen molar-refractivity contribution in [2.24, 2.45) is 0 Å². The van der Waals surface area contributed by atoms with Gasteiger partial charge in [-0.3, -0.25) is 0 Å². The van der Waals surface area contributed by atoms with Gasteiger partial charge in [0.15, 0.2) is 0 Å². The van der Waals surface area contributed by atoms with E-state index in [9.17, 15) is 0 Å². The topological polar surface area (TPSA) is 0 Å². The largest absolute Gasteiger partial charge is 0.239 e. The minimum absolute atomic E-state index is 0.359. The van der Waals surface area contributed by atoms with Crippen LogP contribution >= 0.6 is 10.0 Å². The molecule has 1 rings (SSSR count). The number of aryl methyl sites for hydroxylation is 1. The van der Waals surface area contributed by atoms with Crippen molar-refractivity contribution in [1.82, 2.24) is 0 Å². The minimum Gasteiger partial charge on any atom is -0.239 e. The van der Waals surface area contributed by atoms with Crippen LogP contribution in [0.3, 0.4) is 0 Å². The molecular weight excluding hydrogens is 224 g/mol. The second kappa shape index (κ2) is 7.10. The van der Waals surface area contributed by atoms with Gasteiger partial charge in [0.1, 0.15) is 0 Å². The van der Waals surface area contributed by atoms with E-state index in [4.69, 9.17) is 0 Å². The maximum atomic E-state index is 2.48. The third kappa shape index (κ3) is 3.77. The number of hydrogen-bond donors (Lipinski definition) is 0. The molecule has 0 aliphatic carbocycles. The molecule has 0 N–H and O–H groups in total. The first kappa shape index (κ1) is 14.6. The van der Waals surface area contributed by atoms with Crippen molar-refractivity contribution in [2.75, 3.05) is 17.3 Å². The molecule has 17 heavy (non-hydrogen) atoms. The lowest BCUT2D eigenvalue weighted by molar-refractivity contribution is 0.798. The Morgan fingerprint density at radius 3 is 1.94 bits per heavy atom. The molecule has 0 saturated carbocycles. The molecule has 1 atom stereocenters. The standard InChI is InChI=1S/C16H28S/c1-5-17(6-2,7-3)15(4)13-14-16-11-9-8-10-12-16/h8-12,15H,5-7,13-14H2,1-4H3. The molecule has 0 aromatic heterocycles. The Kier molecular flexibility index (Phi) is 6.11. The SMILES string of the molecule is CCS(CC)(CC)C(C)CCc1ccccc1. The molecule has 1 aromatic rings. The molecule has 0 amide bonds. The summed E-state index contributed by atoms with van der Waals surface area (Å²) in [6.07, 6.45) is 2.60. The van der Waals surface area contributed by atoms with Gasteiger partial charge in [-0.2, -0.15) is 0 Å². The van der Waals surface area contributed by atoms with Crippen LogP contribution in [0.5, 0.6) is 0 Å². The zero-order chi connectivity index (χ0) is 12.7. The van der Waals surface area contributed by atoms with Gasteiger partial charge in [-0.05, 0) is 40.9 Å².